The number of anilines is 2. The van der Waals surface area contributed by atoms with Crippen molar-refractivity contribution in [1.29, 1.82) is 5.26 Å². The van der Waals surface area contributed by atoms with Crippen molar-refractivity contribution in [2.24, 2.45) is 0 Å². The summed E-state index contributed by atoms with van der Waals surface area (Å²) < 4.78 is 38.6. The molecular formula is C19H16ClF3N4O2. The van der Waals surface area contributed by atoms with Gasteiger partial charge in [-0.05, 0) is 37.4 Å². The normalized spacial score (nSPS) is 11.1. The maximum atomic E-state index is 12.9. The van der Waals surface area contributed by atoms with Crippen molar-refractivity contribution < 1.29 is 22.8 Å². The highest BCUT2D eigenvalue weighted by Gasteiger charge is 2.33. The average molecular weight is 425 g/mol. The van der Waals surface area contributed by atoms with Gasteiger partial charge in [-0.25, -0.2) is 0 Å². The number of likely N-dealkylation sites (N-methyl/N-ethyl adjacent to an activating group) is 1. The first-order valence-electron chi connectivity index (χ1n) is 8.24. The fourth-order valence-electron chi connectivity index (χ4n) is 2.45. The first-order valence-corrected chi connectivity index (χ1v) is 8.62. The van der Waals surface area contributed by atoms with Crippen LogP contribution < -0.4 is 10.6 Å². The highest BCUT2D eigenvalue weighted by atomic mass is 35.5. The van der Waals surface area contributed by atoms with Crippen LogP contribution in [0.25, 0.3) is 0 Å². The zero-order chi connectivity index (χ0) is 21.6. The Bertz CT molecular complexity index is 957. The molecule has 0 saturated carbocycles. The molecule has 0 aliphatic carbocycles. The van der Waals surface area contributed by atoms with Gasteiger partial charge in [0.1, 0.15) is 6.07 Å². The van der Waals surface area contributed by atoms with Crippen molar-refractivity contribution in [2.75, 3.05) is 30.8 Å². The molecule has 0 bridgehead atoms. The number of amides is 2. The van der Waals surface area contributed by atoms with Crippen LogP contribution in [0.1, 0.15) is 11.1 Å². The van der Waals surface area contributed by atoms with E-state index in [4.69, 9.17) is 16.9 Å². The fourth-order valence-corrected chi connectivity index (χ4v) is 2.67. The molecular weight excluding hydrogens is 409 g/mol. The van der Waals surface area contributed by atoms with Crippen molar-refractivity contribution in [2.45, 2.75) is 6.18 Å². The van der Waals surface area contributed by atoms with Crippen LogP contribution in [0.15, 0.2) is 42.5 Å². The smallest absolute Gasteiger partial charge is 0.325 e. The number of alkyl halides is 3. The van der Waals surface area contributed by atoms with Gasteiger partial charge in [-0.15, -0.1) is 0 Å². The Labute approximate surface area is 169 Å². The molecule has 0 unspecified atom stereocenters. The van der Waals surface area contributed by atoms with E-state index in [1.165, 1.54) is 18.0 Å². The fraction of sp³-hybridized carbons (Fsp3) is 0.211. The topological polar surface area (TPSA) is 85.2 Å². The van der Waals surface area contributed by atoms with E-state index in [9.17, 15) is 22.8 Å². The third kappa shape index (κ3) is 6.48. The molecule has 0 atom stereocenters. The van der Waals surface area contributed by atoms with E-state index in [2.05, 4.69) is 10.6 Å². The molecule has 0 aromatic heterocycles. The van der Waals surface area contributed by atoms with Crippen molar-refractivity contribution in [3.8, 4) is 6.07 Å². The van der Waals surface area contributed by atoms with Gasteiger partial charge in [0.2, 0.25) is 11.8 Å². The molecule has 0 spiro atoms. The highest BCUT2D eigenvalue weighted by molar-refractivity contribution is 6.31. The molecule has 2 aromatic carbocycles. The zero-order valence-electron chi connectivity index (χ0n) is 15.2. The molecule has 0 aliphatic heterocycles. The summed E-state index contributed by atoms with van der Waals surface area (Å²) in [6, 6.07) is 11.4. The number of nitrogens with zero attached hydrogens (tertiary/aromatic N) is 2. The molecule has 0 saturated heterocycles. The van der Waals surface area contributed by atoms with Crippen molar-refractivity contribution in [3.63, 3.8) is 0 Å². The molecule has 10 heteroatoms. The number of hydrogen-bond donors (Lipinski definition) is 2. The minimum Gasteiger partial charge on any atom is -0.325 e. The molecule has 0 heterocycles. The Balaban J connectivity index is 1.92. The number of hydrogen-bond acceptors (Lipinski definition) is 4. The Morgan fingerprint density at radius 2 is 1.72 bits per heavy atom. The predicted molar refractivity (Wildman–Crippen MR) is 102 cm³/mol. The third-order valence-electron chi connectivity index (χ3n) is 3.70. The number of carbonyl (C=O) groups is 2. The van der Waals surface area contributed by atoms with E-state index in [0.717, 1.165) is 12.1 Å². The van der Waals surface area contributed by atoms with Gasteiger partial charge >= 0.3 is 6.18 Å². The SMILES string of the molecule is CN(CC(=O)Nc1ccc(Cl)c(C(F)(F)F)c1)CC(=O)Nc1ccccc1C#N. The summed E-state index contributed by atoms with van der Waals surface area (Å²) in [6.07, 6.45) is -4.65. The van der Waals surface area contributed by atoms with Crippen LogP contribution in [0.3, 0.4) is 0 Å². The van der Waals surface area contributed by atoms with E-state index in [1.807, 2.05) is 6.07 Å². The zero-order valence-corrected chi connectivity index (χ0v) is 15.9. The lowest BCUT2D eigenvalue weighted by molar-refractivity contribution is -0.137. The van der Waals surface area contributed by atoms with Crippen LogP contribution in [0, 0.1) is 11.3 Å². The van der Waals surface area contributed by atoms with Crippen LogP contribution in [0.5, 0.6) is 0 Å². The summed E-state index contributed by atoms with van der Waals surface area (Å²) in [5.74, 6) is -1.05. The summed E-state index contributed by atoms with van der Waals surface area (Å²) in [5, 5.41) is 13.5. The van der Waals surface area contributed by atoms with Crippen molar-refractivity contribution in [1.82, 2.24) is 4.90 Å². The first kappa shape index (κ1) is 22.2. The number of nitrogens with one attached hydrogen (secondary N) is 2. The Morgan fingerprint density at radius 1 is 1.10 bits per heavy atom. The lowest BCUT2D eigenvalue weighted by atomic mass is 10.2. The van der Waals surface area contributed by atoms with Crippen molar-refractivity contribution in [3.05, 3.63) is 58.6 Å². The number of halogens is 4. The monoisotopic (exact) mass is 424 g/mol. The third-order valence-corrected chi connectivity index (χ3v) is 4.03. The molecule has 152 valence electrons. The lowest BCUT2D eigenvalue weighted by Gasteiger charge is -2.17. The van der Waals surface area contributed by atoms with E-state index in [-0.39, 0.29) is 18.8 Å². The number of benzene rings is 2. The average Bonchev–Trinajstić information content (AvgIpc) is 2.62. The standard InChI is InChI=1S/C19H16ClF3N4O2/c1-27(11-18(29)26-16-5-3-2-4-12(16)9-24)10-17(28)25-13-6-7-15(20)14(8-13)19(21,22)23/h2-8H,10-11H2,1H3,(H,25,28)(H,26,29). The number of rotatable bonds is 6. The van der Waals surface area contributed by atoms with Gasteiger partial charge in [-0.1, -0.05) is 23.7 Å². The van der Waals surface area contributed by atoms with Gasteiger partial charge in [0.25, 0.3) is 0 Å². The maximum absolute atomic E-state index is 12.9. The molecule has 6 nitrogen and oxygen atoms in total. The van der Waals surface area contributed by atoms with Gasteiger partial charge in [0.15, 0.2) is 0 Å². The molecule has 0 fully saturated rings. The van der Waals surface area contributed by atoms with Crippen LogP contribution in [0.4, 0.5) is 24.5 Å². The van der Waals surface area contributed by atoms with Gasteiger partial charge in [0, 0.05) is 5.69 Å². The van der Waals surface area contributed by atoms with Crippen LogP contribution in [-0.4, -0.2) is 36.9 Å². The largest absolute Gasteiger partial charge is 0.417 e. The second kappa shape index (κ2) is 9.41. The van der Waals surface area contributed by atoms with Gasteiger partial charge in [-0.3, -0.25) is 14.5 Å². The van der Waals surface area contributed by atoms with Gasteiger partial charge < -0.3 is 10.6 Å². The maximum Gasteiger partial charge on any atom is 0.417 e. The second-order valence-electron chi connectivity index (χ2n) is 6.12. The summed E-state index contributed by atoms with van der Waals surface area (Å²) in [7, 11) is 1.50. The number of para-hydroxylation sites is 1. The summed E-state index contributed by atoms with van der Waals surface area (Å²) >= 11 is 5.54. The van der Waals surface area contributed by atoms with E-state index < -0.39 is 28.6 Å². The van der Waals surface area contributed by atoms with Crippen LogP contribution in [-0.2, 0) is 15.8 Å². The Hall–Kier alpha value is -3.09. The molecule has 2 rings (SSSR count). The van der Waals surface area contributed by atoms with Gasteiger partial charge in [0.05, 0.1) is 34.9 Å². The molecule has 2 amide bonds. The number of carbonyl (C=O) groups excluding carboxylic acids is 2. The summed E-state index contributed by atoms with van der Waals surface area (Å²) in [4.78, 5) is 25.5. The molecule has 0 aliphatic rings. The Morgan fingerprint density at radius 3 is 2.34 bits per heavy atom. The van der Waals surface area contributed by atoms with Crippen LogP contribution in [0.2, 0.25) is 5.02 Å². The van der Waals surface area contributed by atoms with E-state index >= 15 is 0 Å². The minimum atomic E-state index is -4.65. The van der Waals surface area contributed by atoms with E-state index in [0.29, 0.717) is 11.3 Å². The summed E-state index contributed by atoms with van der Waals surface area (Å²) in [5.41, 5.74) is -0.475. The lowest BCUT2D eigenvalue weighted by Crippen LogP contribution is -2.36. The predicted octanol–water partition coefficient (Wildman–Crippen LogP) is 3.74. The minimum absolute atomic E-state index is 0.0625. The summed E-state index contributed by atoms with van der Waals surface area (Å²) in [6.45, 7) is -0.404. The Kier molecular flexibility index (Phi) is 7.20. The van der Waals surface area contributed by atoms with Crippen molar-refractivity contribution >= 4 is 34.8 Å². The first-order chi connectivity index (χ1) is 13.6. The van der Waals surface area contributed by atoms with E-state index in [1.54, 1.807) is 24.3 Å². The van der Waals surface area contributed by atoms with Crippen LogP contribution >= 0.6 is 11.6 Å². The quantitative estimate of drug-likeness (QED) is 0.739. The highest BCUT2D eigenvalue weighted by Crippen LogP contribution is 2.36. The van der Waals surface area contributed by atoms with Gasteiger partial charge in [-0.2, -0.15) is 18.4 Å². The molecule has 29 heavy (non-hydrogen) atoms. The molecule has 2 N–H and O–H groups in total. The molecule has 2 aromatic rings. The molecule has 0 radical (unpaired) electrons. The second-order valence-corrected chi connectivity index (χ2v) is 6.53. The number of nitriles is 1.